The molecule has 0 bridgehead atoms. The largest absolute Gasteiger partial charge is 0.480 e. The number of alkyl halides is 2. The van der Waals surface area contributed by atoms with E-state index >= 15 is 0 Å². The van der Waals surface area contributed by atoms with E-state index in [9.17, 15) is 18.4 Å². The van der Waals surface area contributed by atoms with Crippen molar-refractivity contribution in [2.75, 3.05) is 11.9 Å². The molecule has 0 fully saturated rings. The molecule has 7 nitrogen and oxygen atoms in total. The predicted octanol–water partition coefficient (Wildman–Crippen LogP) is 1.58. The van der Waals surface area contributed by atoms with E-state index in [1.165, 1.54) is 18.3 Å². The second-order valence-corrected chi connectivity index (χ2v) is 4.87. The van der Waals surface area contributed by atoms with Crippen LogP contribution in [-0.2, 0) is 17.3 Å². The summed E-state index contributed by atoms with van der Waals surface area (Å²) < 4.78 is 28.7. The predicted molar refractivity (Wildman–Crippen MR) is 77.8 cm³/mol. The van der Waals surface area contributed by atoms with Crippen LogP contribution in [0, 0.1) is 0 Å². The quantitative estimate of drug-likeness (QED) is 0.825. The van der Waals surface area contributed by atoms with Crippen molar-refractivity contribution in [2.45, 2.75) is 12.5 Å². The summed E-state index contributed by atoms with van der Waals surface area (Å²) in [5, 5.41) is 10.7. The standard InChI is InChI=1S/C13H11ClF2N4O3/c14-9-5-18-11(12(23)20(9)6-10(21)22)19-7-13(15,16)8-3-1-2-4-17-8/h1-5H,6-7H2,(H,18,19)(H,21,22). The zero-order chi connectivity index (χ0) is 17.0. The van der Waals surface area contributed by atoms with Crippen molar-refractivity contribution in [3.63, 3.8) is 0 Å². The van der Waals surface area contributed by atoms with Crippen LogP contribution in [0.4, 0.5) is 14.6 Å². The van der Waals surface area contributed by atoms with E-state index in [0.29, 0.717) is 4.57 Å². The number of nitrogens with zero attached hydrogens (tertiary/aromatic N) is 3. The third kappa shape index (κ3) is 4.01. The summed E-state index contributed by atoms with van der Waals surface area (Å²) in [5.74, 6) is -5.07. The maximum Gasteiger partial charge on any atom is 0.323 e. The van der Waals surface area contributed by atoms with Gasteiger partial charge in [-0.1, -0.05) is 17.7 Å². The van der Waals surface area contributed by atoms with Gasteiger partial charge in [0.05, 0.1) is 12.7 Å². The highest BCUT2D eigenvalue weighted by Gasteiger charge is 2.33. The molecule has 2 N–H and O–H groups in total. The van der Waals surface area contributed by atoms with Gasteiger partial charge in [0.25, 0.3) is 5.56 Å². The first kappa shape index (κ1) is 16.8. The van der Waals surface area contributed by atoms with E-state index in [4.69, 9.17) is 16.7 Å². The first-order valence-corrected chi connectivity index (χ1v) is 6.69. The number of carbonyl (C=O) groups is 1. The van der Waals surface area contributed by atoms with Gasteiger partial charge in [-0.2, -0.15) is 8.78 Å². The van der Waals surface area contributed by atoms with Crippen LogP contribution in [0.2, 0.25) is 5.15 Å². The zero-order valence-electron chi connectivity index (χ0n) is 11.5. The fourth-order valence-electron chi connectivity index (χ4n) is 1.74. The monoisotopic (exact) mass is 344 g/mol. The third-order valence-electron chi connectivity index (χ3n) is 2.82. The lowest BCUT2D eigenvalue weighted by molar-refractivity contribution is -0.137. The fraction of sp³-hybridized carbons (Fsp3) is 0.231. The van der Waals surface area contributed by atoms with Gasteiger partial charge in [-0.15, -0.1) is 0 Å². The Bertz CT molecular complexity index is 768. The number of carboxylic acids is 1. The van der Waals surface area contributed by atoms with E-state index < -0.39 is 42.1 Å². The molecule has 0 amide bonds. The molecule has 0 aliphatic rings. The Morgan fingerprint density at radius 1 is 1.39 bits per heavy atom. The van der Waals surface area contributed by atoms with Crippen molar-refractivity contribution >= 4 is 23.4 Å². The van der Waals surface area contributed by atoms with Crippen LogP contribution >= 0.6 is 11.6 Å². The second kappa shape index (κ2) is 6.69. The van der Waals surface area contributed by atoms with Crippen LogP contribution in [0.5, 0.6) is 0 Å². The maximum atomic E-state index is 14.0. The van der Waals surface area contributed by atoms with Crippen molar-refractivity contribution in [1.82, 2.24) is 14.5 Å². The molecule has 2 aromatic rings. The lowest BCUT2D eigenvalue weighted by Crippen LogP contribution is -2.32. The number of anilines is 1. The van der Waals surface area contributed by atoms with Gasteiger partial charge >= 0.3 is 11.9 Å². The molecule has 0 saturated carbocycles. The van der Waals surface area contributed by atoms with E-state index in [-0.39, 0.29) is 5.15 Å². The molecule has 122 valence electrons. The maximum absolute atomic E-state index is 14.0. The Morgan fingerprint density at radius 3 is 2.74 bits per heavy atom. The van der Waals surface area contributed by atoms with Gasteiger partial charge in [0.2, 0.25) is 0 Å². The summed E-state index contributed by atoms with van der Waals surface area (Å²) in [4.78, 5) is 29.9. The Morgan fingerprint density at radius 2 is 2.13 bits per heavy atom. The highest BCUT2D eigenvalue weighted by atomic mass is 35.5. The minimum absolute atomic E-state index is 0.209. The molecule has 2 heterocycles. The molecular weight excluding hydrogens is 334 g/mol. The molecule has 10 heteroatoms. The summed E-state index contributed by atoms with van der Waals surface area (Å²) in [6.07, 6.45) is 2.23. The average molecular weight is 345 g/mol. The molecule has 0 aliphatic carbocycles. The lowest BCUT2D eigenvalue weighted by Gasteiger charge is -2.17. The van der Waals surface area contributed by atoms with Crippen LogP contribution in [-0.4, -0.2) is 32.2 Å². The SMILES string of the molecule is O=C(O)Cn1c(Cl)cnc(NCC(F)(F)c2ccccn2)c1=O. The van der Waals surface area contributed by atoms with Gasteiger partial charge in [0, 0.05) is 6.20 Å². The van der Waals surface area contributed by atoms with Crippen LogP contribution in [0.15, 0.2) is 35.4 Å². The lowest BCUT2D eigenvalue weighted by atomic mass is 10.2. The van der Waals surface area contributed by atoms with Crippen LogP contribution in [0.25, 0.3) is 0 Å². The van der Waals surface area contributed by atoms with Crippen molar-refractivity contribution in [3.8, 4) is 0 Å². The molecule has 2 rings (SSSR count). The molecule has 0 atom stereocenters. The highest BCUT2D eigenvalue weighted by molar-refractivity contribution is 6.29. The van der Waals surface area contributed by atoms with E-state index in [1.807, 2.05) is 0 Å². The first-order chi connectivity index (χ1) is 10.8. The molecule has 23 heavy (non-hydrogen) atoms. The van der Waals surface area contributed by atoms with Crippen LogP contribution in [0.1, 0.15) is 5.69 Å². The number of rotatable bonds is 6. The molecule has 0 radical (unpaired) electrons. The van der Waals surface area contributed by atoms with E-state index in [1.54, 1.807) is 0 Å². The summed E-state index contributed by atoms with van der Waals surface area (Å²) in [5.41, 5.74) is -1.37. The van der Waals surface area contributed by atoms with E-state index in [0.717, 1.165) is 12.3 Å². The number of hydrogen-bond donors (Lipinski definition) is 2. The molecule has 0 saturated heterocycles. The Balaban J connectivity index is 2.21. The number of aliphatic carboxylic acids is 1. The molecule has 0 spiro atoms. The molecular formula is C13H11ClF2N4O3. The fourth-order valence-corrected chi connectivity index (χ4v) is 1.92. The molecule has 0 aliphatic heterocycles. The Hall–Kier alpha value is -2.55. The minimum Gasteiger partial charge on any atom is -0.480 e. The molecule has 2 aromatic heterocycles. The van der Waals surface area contributed by atoms with Crippen molar-refractivity contribution < 1.29 is 18.7 Å². The zero-order valence-corrected chi connectivity index (χ0v) is 12.3. The molecule has 0 aromatic carbocycles. The smallest absolute Gasteiger partial charge is 0.323 e. The number of carboxylic acid groups (broad SMARTS) is 1. The topological polar surface area (TPSA) is 97.1 Å². The number of hydrogen-bond acceptors (Lipinski definition) is 5. The summed E-state index contributed by atoms with van der Waals surface area (Å²) in [7, 11) is 0. The van der Waals surface area contributed by atoms with Crippen molar-refractivity contribution in [3.05, 3.63) is 51.8 Å². The normalized spacial score (nSPS) is 11.3. The number of aromatic nitrogens is 3. The number of halogens is 3. The number of nitrogens with one attached hydrogen (secondary N) is 1. The Kier molecular flexibility index (Phi) is 4.89. The molecule has 0 unspecified atom stereocenters. The van der Waals surface area contributed by atoms with Gasteiger partial charge in [0.15, 0.2) is 5.82 Å². The van der Waals surface area contributed by atoms with Crippen LogP contribution in [0.3, 0.4) is 0 Å². The van der Waals surface area contributed by atoms with Crippen molar-refractivity contribution in [2.24, 2.45) is 0 Å². The second-order valence-electron chi connectivity index (χ2n) is 4.49. The Labute approximate surface area is 133 Å². The third-order valence-corrected chi connectivity index (χ3v) is 3.12. The summed E-state index contributed by atoms with van der Waals surface area (Å²) in [6.45, 7) is -1.63. The van der Waals surface area contributed by atoms with Gasteiger partial charge in [-0.05, 0) is 12.1 Å². The number of pyridine rings is 1. The minimum atomic E-state index is -3.34. The van der Waals surface area contributed by atoms with Gasteiger partial charge < -0.3 is 10.4 Å². The summed E-state index contributed by atoms with van der Waals surface area (Å²) >= 11 is 5.68. The van der Waals surface area contributed by atoms with Gasteiger partial charge in [-0.25, -0.2) is 4.98 Å². The first-order valence-electron chi connectivity index (χ1n) is 6.31. The highest BCUT2D eigenvalue weighted by Crippen LogP contribution is 2.25. The van der Waals surface area contributed by atoms with Gasteiger partial charge in [0.1, 0.15) is 17.4 Å². The van der Waals surface area contributed by atoms with Gasteiger partial charge in [-0.3, -0.25) is 19.1 Å². The van der Waals surface area contributed by atoms with Crippen molar-refractivity contribution in [1.29, 1.82) is 0 Å². The summed E-state index contributed by atoms with van der Waals surface area (Å²) in [6, 6.07) is 4.06. The van der Waals surface area contributed by atoms with E-state index in [2.05, 4.69) is 15.3 Å². The van der Waals surface area contributed by atoms with Crippen LogP contribution < -0.4 is 10.9 Å². The average Bonchev–Trinajstić information content (AvgIpc) is 2.51.